The topological polar surface area (TPSA) is 105 Å². The van der Waals surface area contributed by atoms with Crippen LogP contribution in [0.3, 0.4) is 0 Å². The molecule has 0 bridgehead atoms. The van der Waals surface area contributed by atoms with Gasteiger partial charge in [0.1, 0.15) is 11.6 Å². The lowest BCUT2D eigenvalue weighted by molar-refractivity contribution is 0.101. The number of nitrogens with zero attached hydrogens (tertiary/aromatic N) is 3. The lowest BCUT2D eigenvalue weighted by atomic mass is 10.2. The van der Waals surface area contributed by atoms with Crippen LogP contribution in [0.25, 0.3) is 5.69 Å². The Kier molecular flexibility index (Phi) is 4.56. The zero-order valence-electron chi connectivity index (χ0n) is 13.7. The van der Waals surface area contributed by atoms with Crippen LogP contribution < -0.4 is 4.72 Å². The number of anilines is 1. The maximum Gasteiger partial charge on any atom is 0.263 e. The van der Waals surface area contributed by atoms with Gasteiger partial charge in [0.2, 0.25) is 0 Å². The van der Waals surface area contributed by atoms with Crippen molar-refractivity contribution in [2.75, 3.05) is 4.72 Å². The van der Waals surface area contributed by atoms with Crippen LogP contribution in [0.5, 0.6) is 0 Å². The number of sulfonamides is 1. The molecule has 0 spiro atoms. The first-order chi connectivity index (χ1) is 12.4. The first kappa shape index (κ1) is 17.4. The summed E-state index contributed by atoms with van der Waals surface area (Å²) >= 11 is 0. The van der Waals surface area contributed by atoms with Crippen molar-refractivity contribution in [3.63, 3.8) is 0 Å². The quantitative estimate of drug-likeness (QED) is 0.699. The molecule has 0 unspecified atom stereocenters. The second kappa shape index (κ2) is 6.82. The van der Waals surface area contributed by atoms with E-state index in [-0.39, 0.29) is 22.1 Å². The molecule has 26 heavy (non-hydrogen) atoms. The molecule has 0 amide bonds. The van der Waals surface area contributed by atoms with E-state index in [1.807, 2.05) is 12.1 Å². The summed E-state index contributed by atoms with van der Waals surface area (Å²) in [5, 5.41) is 13.4. The number of Topliss-reactive ketones (excluding diaryl/α,β-unsaturated/α-hetero) is 1. The molecule has 1 N–H and O–H groups in total. The highest BCUT2D eigenvalue weighted by atomic mass is 32.2. The second-order valence-electron chi connectivity index (χ2n) is 5.45. The van der Waals surface area contributed by atoms with Crippen LogP contribution in [0.15, 0.2) is 65.7 Å². The summed E-state index contributed by atoms with van der Waals surface area (Å²) in [5.41, 5.74) is 1.12. The fraction of sp³-hybridized carbons (Fsp3) is 0.0556. The molecule has 8 heteroatoms. The summed E-state index contributed by atoms with van der Waals surface area (Å²) in [6, 6.07) is 16.4. The van der Waals surface area contributed by atoms with Gasteiger partial charge >= 0.3 is 0 Å². The first-order valence-corrected chi connectivity index (χ1v) is 9.08. The summed E-state index contributed by atoms with van der Waals surface area (Å²) in [7, 11) is -3.96. The Morgan fingerprint density at radius 3 is 2.35 bits per heavy atom. The molecule has 2 aromatic carbocycles. The van der Waals surface area contributed by atoms with E-state index in [4.69, 9.17) is 0 Å². The van der Waals surface area contributed by atoms with E-state index in [1.54, 1.807) is 24.3 Å². The van der Waals surface area contributed by atoms with Crippen LogP contribution in [0.4, 0.5) is 5.82 Å². The van der Waals surface area contributed by atoms with E-state index in [2.05, 4.69) is 9.82 Å². The van der Waals surface area contributed by atoms with E-state index in [9.17, 15) is 18.5 Å². The average molecular weight is 366 g/mol. The van der Waals surface area contributed by atoms with Crippen molar-refractivity contribution in [3.8, 4) is 11.8 Å². The van der Waals surface area contributed by atoms with Crippen molar-refractivity contribution >= 4 is 21.6 Å². The Bertz CT molecular complexity index is 1100. The molecule has 0 fully saturated rings. The number of carbonyl (C=O) groups excluding carboxylic acids is 1. The Balaban J connectivity index is 2.01. The summed E-state index contributed by atoms with van der Waals surface area (Å²) in [5.74, 6) is -0.106. The van der Waals surface area contributed by atoms with Crippen LogP contribution in [0, 0.1) is 11.3 Å². The third kappa shape index (κ3) is 3.34. The van der Waals surface area contributed by atoms with Crippen LogP contribution in [0.2, 0.25) is 0 Å². The van der Waals surface area contributed by atoms with Gasteiger partial charge in [0.15, 0.2) is 11.6 Å². The van der Waals surface area contributed by atoms with E-state index in [0.29, 0.717) is 11.3 Å². The van der Waals surface area contributed by atoms with Gasteiger partial charge < -0.3 is 0 Å². The monoisotopic (exact) mass is 366 g/mol. The van der Waals surface area contributed by atoms with Crippen LogP contribution in [-0.2, 0) is 10.0 Å². The molecule has 1 aromatic heterocycles. The van der Waals surface area contributed by atoms with Crippen molar-refractivity contribution < 1.29 is 13.2 Å². The van der Waals surface area contributed by atoms with E-state index in [1.165, 1.54) is 42.1 Å². The van der Waals surface area contributed by atoms with Crippen LogP contribution in [-0.4, -0.2) is 24.0 Å². The van der Waals surface area contributed by atoms with Gasteiger partial charge in [-0.1, -0.05) is 30.3 Å². The molecule has 3 rings (SSSR count). The Hall–Kier alpha value is -3.44. The van der Waals surface area contributed by atoms with Gasteiger partial charge in [0.05, 0.1) is 16.8 Å². The zero-order chi connectivity index (χ0) is 18.7. The molecule has 130 valence electrons. The molecular weight excluding hydrogens is 352 g/mol. The molecule has 0 atom stereocenters. The molecule has 0 aliphatic heterocycles. The van der Waals surface area contributed by atoms with Gasteiger partial charge in [-0.3, -0.25) is 9.52 Å². The van der Waals surface area contributed by atoms with Gasteiger partial charge in [-0.05, 0) is 31.2 Å². The highest BCUT2D eigenvalue weighted by Gasteiger charge is 2.21. The van der Waals surface area contributed by atoms with Crippen molar-refractivity contribution in [2.45, 2.75) is 11.8 Å². The SMILES string of the molecule is CC(=O)c1ccc(S(=O)(=O)Nc2c(C#N)cnn2-c2ccccc2)cc1. The Labute approximate surface area is 150 Å². The molecule has 0 saturated heterocycles. The van der Waals surface area contributed by atoms with Crippen molar-refractivity contribution in [1.29, 1.82) is 5.26 Å². The number of carbonyl (C=O) groups is 1. The first-order valence-electron chi connectivity index (χ1n) is 7.60. The summed E-state index contributed by atoms with van der Waals surface area (Å²) in [4.78, 5) is 11.3. The third-order valence-corrected chi connectivity index (χ3v) is 5.05. The second-order valence-corrected chi connectivity index (χ2v) is 7.13. The van der Waals surface area contributed by atoms with Crippen LogP contribution >= 0.6 is 0 Å². The lowest BCUT2D eigenvalue weighted by Crippen LogP contribution is -2.17. The summed E-state index contributed by atoms with van der Waals surface area (Å²) in [6.07, 6.45) is 1.30. The number of aromatic nitrogens is 2. The standard InChI is InChI=1S/C18H14N4O3S/c1-13(23)14-7-9-17(10-8-14)26(24,25)21-18-15(11-19)12-20-22(18)16-5-3-2-4-6-16/h2-10,12,21H,1H3. The van der Waals surface area contributed by atoms with Gasteiger partial charge in [-0.25, -0.2) is 13.1 Å². The smallest absolute Gasteiger partial charge is 0.263 e. The predicted molar refractivity (Wildman–Crippen MR) is 95.5 cm³/mol. The molecule has 0 saturated carbocycles. The molecule has 0 radical (unpaired) electrons. The number of rotatable bonds is 5. The number of nitriles is 1. The molecular formula is C18H14N4O3S. The maximum atomic E-state index is 12.7. The number of para-hydroxylation sites is 1. The highest BCUT2D eigenvalue weighted by molar-refractivity contribution is 7.92. The van der Waals surface area contributed by atoms with Gasteiger partial charge in [0.25, 0.3) is 10.0 Å². The minimum atomic E-state index is -3.96. The van der Waals surface area contributed by atoms with Crippen molar-refractivity contribution in [1.82, 2.24) is 9.78 Å². The number of nitrogens with one attached hydrogen (secondary N) is 1. The number of hydrogen-bond donors (Lipinski definition) is 1. The fourth-order valence-electron chi connectivity index (χ4n) is 2.35. The predicted octanol–water partition coefficient (Wildman–Crippen LogP) is 2.75. The Morgan fingerprint density at radius 2 is 1.77 bits per heavy atom. The lowest BCUT2D eigenvalue weighted by Gasteiger charge is -2.11. The molecule has 3 aromatic rings. The van der Waals surface area contributed by atoms with Gasteiger partial charge in [-0.15, -0.1) is 0 Å². The van der Waals surface area contributed by atoms with Gasteiger partial charge in [0, 0.05) is 5.56 Å². The molecule has 7 nitrogen and oxygen atoms in total. The van der Waals surface area contributed by atoms with Gasteiger partial charge in [-0.2, -0.15) is 10.4 Å². The Morgan fingerprint density at radius 1 is 1.12 bits per heavy atom. The minimum absolute atomic E-state index is 0.0211. The van der Waals surface area contributed by atoms with E-state index < -0.39 is 10.0 Å². The van der Waals surface area contributed by atoms with E-state index in [0.717, 1.165) is 0 Å². The fourth-order valence-corrected chi connectivity index (χ4v) is 3.41. The largest absolute Gasteiger partial charge is 0.295 e. The molecule has 0 aliphatic carbocycles. The third-order valence-electron chi connectivity index (χ3n) is 3.69. The molecule has 1 heterocycles. The number of benzene rings is 2. The highest BCUT2D eigenvalue weighted by Crippen LogP contribution is 2.23. The summed E-state index contributed by atoms with van der Waals surface area (Å²) < 4.78 is 29.1. The number of hydrogen-bond acceptors (Lipinski definition) is 5. The zero-order valence-corrected chi connectivity index (χ0v) is 14.6. The normalized spacial score (nSPS) is 10.9. The number of ketones is 1. The van der Waals surface area contributed by atoms with Crippen molar-refractivity contribution in [2.24, 2.45) is 0 Å². The average Bonchev–Trinajstić information content (AvgIpc) is 3.04. The van der Waals surface area contributed by atoms with Crippen molar-refractivity contribution in [3.05, 3.63) is 71.9 Å². The van der Waals surface area contributed by atoms with E-state index >= 15 is 0 Å². The maximum absolute atomic E-state index is 12.7. The minimum Gasteiger partial charge on any atom is -0.295 e. The van der Waals surface area contributed by atoms with Crippen LogP contribution in [0.1, 0.15) is 22.8 Å². The summed E-state index contributed by atoms with van der Waals surface area (Å²) in [6.45, 7) is 1.40. The molecule has 0 aliphatic rings.